The van der Waals surface area contributed by atoms with Crippen LogP contribution < -0.4 is 10.6 Å². The molecule has 2 aromatic rings. The molecule has 2 aromatic carbocycles. The minimum atomic E-state index is -2.88. The van der Waals surface area contributed by atoms with E-state index in [-0.39, 0.29) is 0 Å². The van der Waals surface area contributed by atoms with Gasteiger partial charge in [-0.1, -0.05) is 72.5 Å². The van der Waals surface area contributed by atoms with Crippen LogP contribution in [-0.2, 0) is 9.30 Å². The summed E-state index contributed by atoms with van der Waals surface area (Å²) in [6, 6.07) is 19.2. The quantitative estimate of drug-likeness (QED) is 0.629. The lowest BCUT2D eigenvalue weighted by atomic mass is 10.3. The first-order valence-corrected chi connectivity index (χ1v) is 9.18. The summed E-state index contributed by atoms with van der Waals surface area (Å²) in [5, 5.41) is 2.48. The first-order valence-electron chi connectivity index (χ1n) is 7.48. The summed E-state index contributed by atoms with van der Waals surface area (Å²) in [6.45, 7) is 4.19. The van der Waals surface area contributed by atoms with Crippen LogP contribution in [0.25, 0.3) is 0 Å². The summed E-state index contributed by atoms with van der Waals surface area (Å²) in [5.74, 6) is 6.00. The average molecular weight is 324 g/mol. The third kappa shape index (κ3) is 3.82. The first-order chi connectivity index (χ1) is 11.1. The monoisotopic (exact) mass is 324 g/mol. The smallest absolute Gasteiger partial charge is 0.167 e. The van der Waals surface area contributed by atoms with Crippen LogP contribution in [0.4, 0.5) is 0 Å². The summed E-state index contributed by atoms with van der Waals surface area (Å²) in [6.07, 6.45) is 0. The van der Waals surface area contributed by atoms with Crippen LogP contribution in [-0.4, -0.2) is 13.7 Å². The third-order valence-electron chi connectivity index (χ3n) is 3.75. The third-order valence-corrected chi connectivity index (χ3v) is 7.08. The Morgan fingerprint density at radius 2 is 1.43 bits per heavy atom. The maximum Gasteiger partial charge on any atom is 0.167 e. The first kappa shape index (κ1) is 17.3. The zero-order valence-corrected chi connectivity index (χ0v) is 14.6. The molecule has 0 unspecified atom stereocenters. The highest BCUT2D eigenvalue weighted by molar-refractivity contribution is 7.82. The SMILES string of the molecule is COCC#C/C(C)=C(\C)P(=O)(c1ccccc1)c1ccccc1. The summed E-state index contributed by atoms with van der Waals surface area (Å²) in [5.41, 5.74) is 0.832. The van der Waals surface area contributed by atoms with E-state index in [9.17, 15) is 4.57 Å². The van der Waals surface area contributed by atoms with E-state index in [2.05, 4.69) is 11.8 Å². The minimum absolute atomic E-state index is 0.367. The molecule has 0 saturated heterocycles. The summed E-state index contributed by atoms with van der Waals surface area (Å²) in [4.78, 5) is 0. The van der Waals surface area contributed by atoms with Crippen LogP contribution in [0, 0.1) is 11.8 Å². The molecule has 0 aromatic heterocycles. The van der Waals surface area contributed by atoms with Gasteiger partial charge in [0.1, 0.15) is 6.61 Å². The standard InChI is InChI=1S/C20H21O2P/c1-17(11-10-16-22-3)18(2)23(21,19-12-6-4-7-13-19)20-14-8-5-9-15-20/h4-9,12-15H,16H2,1-3H3/b18-17+. The molecule has 0 aliphatic heterocycles. The summed E-state index contributed by atoms with van der Waals surface area (Å²) in [7, 11) is -1.27. The van der Waals surface area contributed by atoms with E-state index in [1.807, 2.05) is 74.5 Å². The fourth-order valence-electron chi connectivity index (χ4n) is 2.38. The molecule has 0 radical (unpaired) electrons. The fourth-order valence-corrected chi connectivity index (χ4v) is 5.16. The van der Waals surface area contributed by atoms with E-state index in [1.54, 1.807) is 7.11 Å². The Kier molecular flexibility index (Phi) is 5.99. The lowest BCUT2D eigenvalue weighted by Crippen LogP contribution is -2.17. The maximum absolute atomic E-state index is 14.0. The van der Waals surface area contributed by atoms with Gasteiger partial charge in [0, 0.05) is 28.6 Å². The number of hydrogen-bond acceptors (Lipinski definition) is 2. The number of allylic oxidation sites excluding steroid dienone is 2. The van der Waals surface area contributed by atoms with E-state index < -0.39 is 7.14 Å². The lowest BCUT2D eigenvalue weighted by Gasteiger charge is -2.21. The van der Waals surface area contributed by atoms with Crippen molar-refractivity contribution in [3.8, 4) is 11.8 Å². The van der Waals surface area contributed by atoms with Gasteiger partial charge in [0.05, 0.1) is 0 Å². The highest BCUT2D eigenvalue weighted by Crippen LogP contribution is 2.52. The summed E-state index contributed by atoms with van der Waals surface area (Å²) >= 11 is 0. The second-order valence-corrected chi connectivity index (χ2v) is 8.15. The minimum Gasteiger partial charge on any atom is -0.372 e. The number of hydrogen-bond donors (Lipinski definition) is 0. The normalized spacial score (nSPS) is 12.1. The van der Waals surface area contributed by atoms with E-state index in [1.165, 1.54) is 0 Å². The summed E-state index contributed by atoms with van der Waals surface area (Å²) < 4.78 is 19.0. The highest BCUT2D eigenvalue weighted by atomic mass is 31.2. The molecule has 2 nitrogen and oxygen atoms in total. The zero-order chi connectivity index (χ0) is 16.7. The Balaban J connectivity index is 2.63. The molecule has 0 fully saturated rings. The van der Waals surface area contributed by atoms with E-state index in [4.69, 9.17) is 4.74 Å². The highest BCUT2D eigenvalue weighted by Gasteiger charge is 2.30. The van der Waals surface area contributed by atoms with Gasteiger partial charge in [-0.25, -0.2) is 0 Å². The number of benzene rings is 2. The van der Waals surface area contributed by atoms with Gasteiger partial charge < -0.3 is 9.30 Å². The van der Waals surface area contributed by atoms with Crippen LogP contribution >= 0.6 is 7.14 Å². The largest absolute Gasteiger partial charge is 0.372 e. The molecule has 0 atom stereocenters. The average Bonchev–Trinajstić information content (AvgIpc) is 2.62. The van der Waals surface area contributed by atoms with Crippen LogP contribution in [0.2, 0.25) is 0 Å². The van der Waals surface area contributed by atoms with Crippen molar-refractivity contribution in [2.24, 2.45) is 0 Å². The van der Waals surface area contributed by atoms with E-state index >= 15 is 0 Å². The predicted molar refractivity (Wildman–Crippen MR) is 97.8 cm³/mol. The molecule has 0 saturated carbocycles. The molecule has 23 heavy (non-hydrogen) atoms. The molecular weight excluding hydrogens is 303 g/mol. The van der Waals surface area contributed by atoms with Crippen molar-refractivity contribution >= 4 is 17.8 Å². The molecule has 0 amide bonds. The van der Waals surface area contributed by atoms with Gasteiger partial charge in [0.15, 0.2) is 7.14 Å². The molecule has 0 N–H and O–H groups in total. The Bertz CT molecular complexity index is 737. The second-order valence-electron chi connectivity index (χ2n) is 5.23. The predicted octanol–water partition coefficient (Wildman–Crippen LogP) is 3.94. The van der Waals surface area contributed by atoms with E-state index in [0.29, 0.717) is 6.61 Å². The molecule has 0 aliphatic carbocycles. The zero-order valence-electron chi connectivity index (χ0n) is 13.7. The number of rotatable bonds is 4. The Morgan fingerprint density at radius 1 is 0.957 bits per heavy atom. The molecule has 0 aliphatic rings. The van der Waals surface area contributed by atoms with Gasteiger partial charge in [0.25, 0.3) is 0 Å². The van der Waals surface area contributed by atoms with Crippen molar-refractivity contribution < 1.29 is 9.30 Å². The van der Waals surface area contributed by atoms with Gasteiger partial charge in [-0.15, -0.1) is 0 Å². The number of ether oxygens (including phenoxy) is 1. The molecular formula is C20H21O2P. The van der Waals surface area contributed by atoms with Gasteiger partial charge >= 0.3 is 0 Å². The Morgan fingerprint density at radius 3 is 1.87 bits per heavy atom. The van der Waals surface area contributed by atoms with Crippen LogP contribution in [0.1, 0.15) is 13.8 Å². The lowest BCUT2D eigenvalue weighted by molar-refractivity contribution is 0.240. The van der Waals surface area contributed by atoms with Crippen LogP contribution in [0.3, 0.4) is 0 Å². The molecule has 2 rings (SSSR count). The molecule has 0 spiro atoms. The van der Waals surface area contributed by atoms with Gasteiger partial charge in [-0.05, 0) is 13.8 Å². The second kappa shape index (κ2) is 7.97. The molecule has 0 heterocycles. The van der Waals surface area contributed by atoms with Crippen molar-refractivity contribution in [2.45, 2.75) is 13.8 Å². The Labute approximate surface area is 138 Å². The van der Waals surface area contributed by atoms with Crippen molar-refractivity contribution in [1.82, 2.24) is 0 Å². The topological polar surface area (TPSA) is 26.3 Å². The maximum atomic E-state index is 14.0. The van der Waals surface area contributed by atoms with Crippen LogP contribution in [0.5, 0.6) is 0 Å². The van der Waals surface area contributed by atoms with Crippen molar-refractivity contribution in [2.75, 3.05) is 13.7 Å². The molecule has 118 valence electrons. The van der Waals surface area contributed by atoms with Gasteiger partial charge in [0.2, 0.25) is 0 Å². The van der Waals surface area contributed by atoms with Crippen LogP contribution in [0.15, 0.2) is 71.6 Å². The molecule has 0 bridgehead atoms. The van der Waals surface area contributed by atoms with Crippen molar-refractivity contribution in [3.63, 3.8) is 0 Å². The van der Waals surface area contributed by atoms with Gasteiger partial charge in [-0.2, -0.15) is 0 Å². The number of methoxy groups -OCH3 is 1. The van der Waals surface area contributed by atoms with Gasteiger partial charge in [-0.3, -0.25) is 0 Å². The van der Waals surface area contributed by atoms with Crippen molar-refractivity contribution in [3.05, 3.63) is 71.6 Å². The fraction of sp³-hybridized carbons (Fsp3) is 0.200. The Hall–Kier alpha value is -2.07. The van der Waals surface area contributed by atoms with E-state index in [0.717, 1.165) is 21.5 Å². The van der Waals surface area contributed by atoms with Crippen molar-refractivity contribution in [1.29, 1.82) is 0 Å². The molecule has 3 heteroatoms.